The van der Waals surface area contributed by atoms with Crippen LogP contribution in [-0.2, 0) is 9.53 Å². The minimum atomic E-state index is -0.363. The third-order valence-corrected chi connectivity index (χ3v) is 5.64. The van der Waals surface area contributed by atoms with E-state index >= 15 is 0 Å². The van der Waals surface area contributed by atoms with Crippen molar-refractivity contribution >= 4 is 23.8 Å². The van der Waals surface area contributed by atoms with E-state index in [-0.39, 0.29) is 17.9 Å². The number of aromatic nitrogens is 2. The van der Waals surface area contributed by atoms with Crippen molar-refractivity contribution in [3.63, 3.8) is 0 Å². The molecule has 7 nitrogen and oxygen atoms in total. The van der Waals surface area contributed by atoms with Crippen LogP contribution in [-0.4, -0.2) is 52.1 Å². The van der Waals surface area contributed by atoms with E-state index in [1.54, 1.807) is 19.2 Å². The number of anilines is 1. The first-order valence-corrected chi connectivity index (χ1v) is 11.2. The van der Waals surface area contributed by atoms with E-state index in [4.69, 9.17) is 4.74 Å². The quantitative estimate of drug-likeness (QED) is 0.437. The molecule has 0 atom stereocenters. The van der Waals surface area contributed by atoms with Crippen LogP contribution in [0.4, 0.5) is 5.82 Å². The third-order valence-electron chi connectivity index (χ3n) is 5.64. The second-order valence-corrected chi connectivity index (χ2v) is 7.91. The number of benzene rings is 1. The molecule has 1 aliphatic heterocycles. The molecule has 33 heavy (non-hydrogen) atoms. The highest BCUT2D eigenvalue weighted by atomic mass is 16.5. The van der Waals surface area contributed by atoms with Crippen molar-refractivity contribution in [2.45, 2.75) is 25.8 Å². The number of pyridine rings is 1. The monoisotopic (exact) mass is 444 g/mol. The van der Waals surface area contributed by atoms with E-state index in [1.165, 1.54) is 6.08 Å². The summed E-state index contributed by atoms with van der Waals surface area (Å²) in [6.07, 6.45) is 10.5. The number of nitrogens with zero attached hydrogens (tertiary/aromatic N) is 3. The third kappa shape index (κ3) is 5.88. The Morgan fingerprint density at radius 2 is 1.82 bits per heavy atom. The van der Waals surface area contributed by atoms with Gasteiger partial charge in [-0.1, -0.05) is 0 Å². The lowest BCUT2D eigenvalue weighted by Gasteiger charge is -2.32. The average molecular weight is 445 g/mol. The van der Waals surface area contributed by atoms with Crippen LogP contribution in [0.5, 0.6) is 0 Å². The van der Waals surface area contributed by atoms with E-state index in [0.29, 0.717) is 25.3 Å². The molecule has 1 aromatic carbocycles. The highest BCUT2D eigenvalue weighted by Crippen LogP contribution is 2.19. The van der Waals surface area contributed by atoms with Crippen molar-refractivity contribution in [3.8, 4) is 5.69 Å². The first kappa shape index (κ1) is 22.3. The van der Waals surface area contributed by atoms with Gasteiger partial charge in [0.1, 0.15) is 5.82 Å². The zero-order chi connectivity index (χ0) is 23.0. The minimum Gasteiger partial charge on any atom is -0.463 e. The molecule has 0 bridgehead atoms. The lowest BCUT2D eigenvalue weighted by molar-refractivity contribution is -0.137. The first-order chi connectivity index (χ1) is 16.1. The average Bonchev–Trinajstić information content (AvgIpc) is 3.39. The van der Waals surface area contributed by atoms with Gasteiger partial charge < -0.3 is 19.5 Å². The smallest absolute Gasteiger partial charge is 0.330 e. The van der Waals surface area contributed by atoms with Gasteiger partial charge in [-0.25, -0.2) is 9.78 Å². The van der Waals surface area contributed by atoms with Crippen LogP contribution in [0.1, 0.15) is 35.7 Å². The summed E-state index contributed by atoms with van der Waals surface area (Å²) in [6, 6.07) is 15.7. The topological polar surface area (TPSA) is 76.5 Å². The van der Waals surface area contributed by atoms with Crippen LogP contribution in [0, 0.1) is 0 Å². The van der Waals surface area contributed by atoms with Crippen molar-refractivity contribution in [2.75, 3.05) is 25.0 Å². The molecule has 0 saturated carbocycles. The molecule has 3 heterocycles. The first-order valence-electron chi connectivity index (χ1n) is 11.2. The Kier molecular flexibility index (Phi) is 7.19. The predicted octanol–water partition coefficient (Wildman–Crippen LogP) is 4.17. The van der Waals surface area contributed by atoms with Crippen molar-refractivity contribution in [1.82, 2.24) is 14.5 Å². The molecule has 1 saturated heterocycles. The summed E-state index contributed by atoms with van der Waals surface area (Å²) in [6.45, 7) is 3.54. The lowest BCUT2D eigenvalue weighted by Crippen LogP contribution is -2.42. The molecule has 170 valence electrons. The van der Waals surface area contributed by atoms with E-state index in [2.05, 4.69) is 10.3 Å². The second kappa shape index (κ2) is 10.6. The molecule has 1 aliphatic rings. The molecule has 1 fully saturated rings. The van der Waals surface area contributed by atoms with Crippen molar-refractivity contribution < 1.29 is 14.3 Å². The molecular weight excluding hydrogens is 416 g/mol. The van der Waals surface area contributed by atoms with Crippen LogP contribution >= 0.6 is 0 Å². The molecule has 4 rings (SSSR count). The Morgan fingerprint density at radius 3 is 2.45 bits per heavy atom. The van der Waals surface area contributed by atoms with Gasteiger partial charge >= 0.3 is 5.97 Å². The zero-order valence-electron chi connectivity index (χ0n) is 18.7. The molecular formula is C26H28N4O3. The van der Waals surface area contributed by atoms with Gasteiger partial charge in [-0.15, -0.1) is 0 Å². The van der Waals surface area contributed by atoms with Crippen LogP contribution in [0.25, 0.3) is 11.8 Å². The molecule has 0 spiro atoms. The summed E-state index contributed by atoms with van der Waals surface area (Å²) in [4.78, 5) is 30.6. The number of nitrogens with one attached hydrogen (secondary N) is 1. The largest absolute Gasteiger partial charge is 0.463 e. The van der Waals surface area contributed by atoms with Gasteiger partial charge in [0.05, 0.1) is 6.61 Å². The van der Waals surface area contributed by atoms with Crippen LogP contribution in [0.15, 0.2) is 73.2 Å². The number of esters is 1. The molecule has 0 radical (unpaired) electrons. The van der Waals surface area contributed by atoms with E-state index < -0.39 is 0 Å². The van der Waals surface area contributed by atoms with E-state index in [0.717, 1.165) is 29.9 Å². The number of rotatable bonds is 7. The maximum absolute atomic E-state index is 12.9. The summed E-state index contributed by atoms with van der Waals surface area (Å²) >= 11 is 0. The molecule has 3 aromatic rings. The fourth-order valence-electron chi connectivity index (χ4n) is 3.85. The van der Waals surface area contributed by atoms with Crippen LogP contribution in [0.3, 0.4) is 0 Å². The molecule has 0 aliphatic carbocycles. The maximum Gasteiger partial charge on any atom is 0.330 e. The van der Waals surface area contributed by atoms with Gasteiger partial charge in [-0.2, -0.15) is 0 Å². The Bertz CT molecular complexity index is 1080. The Morgan fingerprint density at radius 1 is 1.09 bits per heavy atom. The fraction of sp³-hybridized carbons (Fsp3) is 0.269. The fourth-order valence-corrected chi connectivity index (χ4v) is 3.85. The van der Waals surface area contributed by atoms with Gasteiger partial charge in [-0.3, -0.25) is 4.79 Å². The molecule has 0 unspecified atom stereocenters. The molecule has 1 amide bonds. The summed E-state index contributed by atoms with van der Waals surface area (Å²) in [5.74, 6) is 0.495. The van der Waals surface area contributed by atoms with E-state index in [1.807, 2.05) is 70.4 Å². The second-order valence-electron chi connectivity index (χ2n) is 7.91. The number of hydrogen-bond donors (Lipinski definition) is 1. The van der Waals surface area contributed by atoms with Gasteiger partial charge in [0.2, 0.25) is 0 Å². The number of amides is 1. The molecule has 2 aromatic heterocycles. The van der Waals surface area contributed by atoms with Crippen LogP contribution in [0.2, 0.25) is 0 Å². The van der Waals surface area contributed by atoms with Crippen LogP contribution < -0.4 is 5.32 Å². The number of carbonyl (C=O) groups excluding carboxylic acids is 2. The summed E-state index contributed by atoms with van der Waals surface area (Å²) in [5, 5.41) is 3.45. The van der Waals surface area contributed by atoms with Gasteiger partial charge in [0.25, 0.3) is 5.91 Å². The highest BCUT2D eigenvalue weighted by molar-refractivity contribution is 5.94. The van der Waals surface area contributed by atoms with E-state index in [9.17, 15) is 9.59 Å². The SMILES string of the molecule is CCOC(=O)/C=C/c1ccc(NC2CCN(C(=O)c3ccc(-n4cccc4)cc3)CC2)nc1. The van der Waals surface area contributed by atoms with Crippen molar-refractivity contribution in [3.05, 3.63) is 84.3 Å². The number of ether oxygens (including phenoxy) is 1. The summed E-state index contributed by atoms with van der Waals surface area (Å²) in [7, 11) is 0. The highest BCUT2D eigenvalue weighted by Gasteiger charge is 2.23. The Balaban J connectivity index is 1.26. The number of likely N-dealkylation sites (tertiary alicyclic amines) is 1. The normalized spacial score (nSPS) is 14.4. The predicted molar refractivity (Wildman–Crippen MR) is 128 cm³/mol. The van der Waals surface area contributed by atoms with Crippen molar-refractivity contribution in [1.29, 1.82) is 0 Å². The van der Waals surface area contributed by atoms with Gasteiger partial charge in [0.15, 0.2) is 0 Å². The minimum absolute atomic E-state index is 0.0726. The molecule has 7 heteroatoms. The zero-order valence-corrected chi connectivity index (χ0v) is 18.7. The van der Waals surface area contributed by atoms with Crippen molar-refractivity contribution in [2.24, 2.45) is 0 Å². The Labute approximate surface area is 193 Å². The maximum atomic E-state index is 12.9. The summed E-state index contributed by atoms with van der Waals surface area (Å²) in [5.41, 5.74) is 2.58. The Hall–Kier alpha value is -3.87. The number of piperidine rings is 1. The molecule has 1 N–H and O–H groups in total. The lowest BCUT2D eigenvalue weighted by atomic mass is 10.0. The standard InChI is InChI=1S/C26H28N4O3/c1-2-33-25(31)12-6-20-5-11-24(27-19-20)28-22-13-17-30(18-14-22)26(32)21-7-9-23(10-8-21)29-15-3-4-16-29/h3-12,15-16,19,22H,2,13-14,17-18H2,1H3,(H,27,28)/b12-6+. The van der Waals surface area contributed by atoms with Gasteiger partial charge in [0, 0.05) is 55.0 Å². The van der Waals surface area contributed by atoms with Gasteiger partial charge in [-0.05, 0) is 79.9 Å². The summed E-state index contributed by atoms with van der Waals surface area (Å²) < 4.78 is 6.89. The number of hydrogen-bond acceptors (Lipinski definition) is 5. The number of carbonyl (C=O) groups is 2.